The molecule has 0 bridgehead atoms. The Kier molecular flexibility index (Phi) is 10.8. The fourth-order valence-corrected chi connectivity index (χ4v) is 5.03. The topological polar surface area (TPSA) is 105 Å². The van der Waals surface area contributed by atoms with Crippen LogP contribution in [0, 0.1) is 23.7 Å². The van der Waals surface area contributed by atoms with Crippen LogP contribution in [0.25, 0.3) is 0 Å². The quantitative estimate of drug-likeness (QED) is 0.257. The maximum Gasteiger partial charge on any atom is 0.338 e. The van der Waals surface area contributed by atoms with E-state index < -0.39 is 11.9 Å². The summed E-state index contributed by atoms with van der Waals surface area (Å²) in [6, 6.07) is 5.90. The Morgan fingerprint density at radius 3 is 1.67 bits per heavy atom. The van der Waals surface area contributed by atoms with E-state index in [1.165, 1.54) is 50.6 Å². The van der Waals surface area contributed by atoms with Gasteiger partial charge >= 0.3 is 23.9 Å². The average molecular weight is 503 g/mol. The van der Waals surface area contributed by atoms with Crippen LogP contribution in [0.15, 0.2) is 24.3 Å². The Morgan fingerprint density at radius 1 is 0.667 bits per heavy atom. The average Bonchev–Trinajstić information content (AvgIpc) is 2.93. The normalized spacial score (nSPS) is 23.8. The molecule has 0 amide bonds. The Bertz CT molecular complexity index is 877. The van der Waals surface area contributed by atoms with E-state index in [0.717, 1.165) is 18.8 Å². The highest BCUT2D eigenvalue weighted by Crippen LogP contribution is 2.33. The first-order valence-corrected chi connectivity index (χ1v) is 13.1. The lowest BCUT2D eigenvalue weighted by Crippen LogP contribution is -2.30. The standard InChI is InChI=1S/C28H38O8/c1-3-19-4-6-20(7-5-19)18-36-28(32)24-14-12-23(13-15-24)27(31)35-17-16-34-26(30)22-10-8-21(9-11-22)25(29)33-2/h8-11,19-20,23-24H,3-7,12-18H2,1-2H3. The van der Waals surface area contributed by atoms with Crippen LogP contribution < -0.4 is 0 Å². The number of benzene rings is 1. The summed E-state index contributed by atoms with van der Waals surface area (Å²) in [5.74, 6) is -0.606. The molecule has 0 unspecified atom stereocenters. The molecule has 0 aliphatic heterocycles. The number of ether oxygens (including phenoxy) is 4. The summed E-state index contributed by atoms with van der Waals surface area (Å²) in [7, 11) is 1.28. The first-order chi connectivity index (χ1) is 17.4. The molecule has 0 aromatic heterocycles. The summed E-state index contributed by atoms with van der Waals surface area (Å²) in [6.07, 6.45) is 8.40. The third-order valence-electron chi connectivity index (χ3n) is 7.50. The van der Waals surface area contributed by atoms with Crippen LogP contribution in [0.5, 0.6) is 0 Å². The number of carbonyl (C=O) groups excluding carboxylic acids is 4. The lowest BCUT2D eigenvalue weighted by Gasteiger charge is -2.29. The van der Waals surface area contributed by atoms with Crippen molar-refractivity contribution in [2.24, 2.45) is 23.7 Å². The molecule has 0 radical (unpaired) electrons. The van der Waals surface area contributed by atoms with E-state index in [2.05, 4.69) is 11.7 Å². The monoisotopic (exact) mass is 502 g/mol. The van der Waals surface area contributed by atoms with Gasteiger partial charge in [0, 0.05) is 0 Å². The summed E-state index contributed by atoms with van der Waals surface area (Å²) < 4.78 is 20.7. The Labute approximate surface area is 213 Å². The smallest absolute Gasteiger partial charge is 0.338 e. The molecule has 3 rings (SSSR count). The molecule has 1 aromatic carbocycles. The Morgan fingerprint density at radius 2 is 1.14 bits per heavy atom. The Balaban J connectivity index is 1.28. The van der Waals surface area contributed by atoms with Crippen molar-refractivity contribution in [2.75, 3.05) is 26.9 Å². The molecule has 2 fully saturated rings. The molecular formula is C28H38O8. The van der Waals surface area contributed by atoms with Gasteiger partial charge in [0.15, 0.2) is 0 Å². The molecule has 198 valence electrons. The van der Waals surface area contributed by atoms with Crippen LogP contribution >= 0.6 is 0 Å². The SMILES string of the molecule is CCC1CCC(COC(=O)C2CCC(C(=O)OCCOC(=O)c3ccc(C(=O)OC)cc3)CC2)CC1. The van der Waals surface area contributed by atoms with Gasteiger partial charge in [0.1, 0.15) is 13.2 Å². The maximum atomic E-state index is 12.5. The van der Waals surface area contributed by atoms with Crippen molar-refractivity contribution in [3.8, 4) is 0 Å². The summed E-state index contributed by atoms with van der Waals surface area (Å²) in [4.78, 5) is 48.4. The number of esters is 4. The summed E-state index contributed by atoms with van der Waals surface area (Å²) >= 11 is 0. The van der Waals surface area contributed by atoms with E-state index >= 15 is 0 Å². The highest BCUT2D eigenvalue weighted by Gasteiger charge is 2.32. The van der Waals surface area contributed by atoms with Crippen LogP contribution in [0.1, 0.15) is 85.4 Å². The van der Waals surface area contributed by atoms with Crippen molar-refractivity contribution in [1.29, 1.82) is 0 Å². The first kappa shape index (κ1) is 27.7. The van der Waals surface area contributed by atoms with Crippen LogP contribution in [0.2, 0.25) is 0 Å². The van der Waals surface area contributed by atoms with Gasteiger partial charge < -0.3 is 18.9 Å². The van der Waals surface area contributed by atoms with Crippen molar-refractivity contribution in [2.45, 2.75) is 64.7 Å². The predicted molar refractivity (Wildman–Crippen MR) is 131 cm³/mol. The van der Waals surface area contributed by atoms with Gasteiger partial charge in [-0.15, -0.1) is 0 Å². The molecule has 0 spiro atoms. The van der Waals surface area contributed by atoms with Gasteiger partial charge in [0.25, 0.3) is 0 Å². The van der Waals surface area contributed by atoms with Gasteiger partial charge in [-0.2, -0.15) is 0 Å². The lowest BCUT2D eigenvalue weighted by molar-refractivity contribution is -0.156. The largest absolute Gasteiger partial charge is 0.465 e. The second-order valence-electron chi connectivity index (χ2n) is 9.85. The van der Waals surface area contributed by atoms with Crippen LogP contribution in [0.3, 0.4) is 0 Å². The summed E-state index contributed by atoms with van der Waals surface area (Å²) in [5, 5.41) is 0. The van der Waals surface area contributed by atoms with Crippen molar-refractivity contribution in [1.82, 2.24) is 0 Å². The van der Waals surface area contributed by atoms with Gasteiger partial charge in [-0.05, 0) is 74.6 Å². The van der Waals surface area contributed by atoms with Crippen LogP contribution in [0.4, 0.5) is 0 Å². The third-order valence-corrected chi connectivity index (χ3v) is 7.50. The van der Waals surface area contributed by atoms with E-state index in [1.54, 1.807) is 0 Å². The zero-order valence-electron chi connectivity index (χ0n) is 21.4. The van der Waals surface area contributed by atoms with E-state index in [9.17, 15) is 19.2 Å². The fraction of sp³-hybridized carbons (Fsp3) is 0.643. The molecule has 8 nitrogen and oxygen atoms in total. The van der Waals surface area contributed by atoms with Gasteiger partial charge in [-0.3, -0.25) is 9.59 Å². The first-order valence-electron chi connectivity index (χ1n) is 13.1. The predicted octanol–water partition coefficient (Wildman–Crippen LogP) is 4.74. The van der Waals surface area contributed by atoms with E-state index in [0.29, 0.717) is 43.8 Å². The van der Waals surface area contributed by atoms with E-state index in [4.69, 9.17) is 14.2 Å². The molecule has 8 heteroatoms. The Hall–Kier alpha value is -2.90. The number of rotatable bonds is 10. The van der Waals surface area contributed by atoms with Gasteiger partial charge in [0.2, 0.25) is 0 Å². The second-order valence-corrected chi connectivity index (χ2v) is 9.85. The van der Waals surface area contributed by atoms with Crippen molar-refractivity contribution in [3.63, 3.8) is 0 Å². The highest BCUT2D eigenvalue weighted by molar-refractivity contribution is 5.93. The molecule has 2 aliphatic rings. The molecule has 1 aromatic rings. The molecule has 0 heterocycles. The van der Waals surface area contributed by atoms with Crippen LogP contribution in [-0.2, 0) is 28.5 Å². The van der Waals surface area contributed by atoms with Crippen molar-refractivity contribution in [3.05, 3.63) is 35.4 Å². The molecule has 2 saturated carbocycles. The molecule has 36 heavy (non-hydrogen) atoms. The van der Waals surface area contributed by atoms with E-state index in [-0.39, 0.29) is 42.6 Å². The molecule has 0 N–H and O–H groups in total. The van der Waals surface area contributed by atoms with Crippen LogP contribution in [-0.4, -0.2) is 50.8 Å². The van der Waals surface area contributed by atoms with Gasteiger partial charge in [0.05, 0.1) is 36.7 Å². The number of carbonyl (C=O) groups is 4. The minimum Gasteiger partial charge on any atom is -0.465 e. The highest BCUT2D eigenvalue weighted by atomic mass is 16.6. The lowest BCUT2D eigenvalue weighted by atomic mass is 9.81. The number of hydrogen-bond donors (Lipinski definition) is 0. The van der Waals surface area contributed by atoms with Crippen molar-refractivity contribution >= 4 is 23.9 Å². The summed E-state index contributed by atoms with van der Waals surface area (Å²) in [6.45, 7) is 2.66. The van der Waals surface area contributed by atoms with E-state index in [1.807, 2.05) is 0 Å². The van der Waals surface area contributed by atoms with Crippen molar-refractivity contribution < 1.29 is 38.1 Å². The maximum absolute atomic E-state index is 12.5. The molecule has 0 atom stereocenters. The fourth-order valence-electron chi connectivity index (χ4n) is 5.03. The molecule has 2 aliphatic carbocycles. The molecule has 0 saturated heterocycles. The van der Waals surface area contributed by atoms with Gasteiger partial charge in [-0.1, -0.05) is 26.2 Å². The summed E-state index contributed by atoms with van der Waals surface area (Å²) in [5.41, 5.74) is 0.619. The minimum absolute atomic E-state index is 0.0347. The third kappa shape index (κ3) is 8.07. The zero-order chi connectivity index (χ0) is 25.9. The van der Waals surface area contributed by atoms with Gasteiger partial charge in [-0.25, -0.2) is 9.59 Å². The number of hydrogen-bond acceptors (Lipinski definition) is 8. The minimum atomic E-state index is -0.570. The number of methoxy groups -OCH3 is 1. The zero-order valence-corrected chi connectivity index (χ0v) is 21.4. The molecular weight excluding hydrogens is 464 g/mol. The second kappa shape index (κ2) is 14.0.